The normalized spacial score (nSPS) is 42.2. The van der Waals surface area contributed by atoms with Crippen LogP contribution in [-0.4, -0.2) is 63.2 Å². The van der Waals surface area contributed by atoms with E-state index in [0.29, 0.717) is 0 Å². The van der Waals surface area contributed by atoms with Crippen molar-refractivity contribution in [3.8, 4) is 0 Å². The maximum Gasteiger partial charge on any atom is 0.173 e. The molecule has 1 heterocycles. The smallest absolute Gasteiger partial charge is 0.173 e. The van der Waals surface area contributed by atoms with Gasteiger partial charge in [-0.2, -0.15) is 0 Å². The minimum atomic E-state index is -1.35. The van der Waals surface area contributed by atoms with Crippen molar-refractivity contribution in [2.75, 3.05) is 6.61 Å². The number of aliphatic hydroxyl groups excluding tert-OH is 4. The van der Waals surface area contributed by atoms with Crippen LogP contribution in [0.3, 0.4) is 0 Å². The van der Waals surface area contributed by atoms with Gasteiger partial charge >= 0.3 is 0 Å². The third-order valence-corrected chi connectivity index (χ3v) is 1.95. The average Bonchev–Trinajstić information content (AvgIpc) is 2.08. The molecular formula is C6H16ClNO6. The number of rotatable bonds is 1. The molecule has 0 aromatic carbocycles. The molecule has 88 valence electrons. The molecule has 0 bridgehead atoms. The van der Waals surface area contributed by atoms with E-state index in [-0.39, 0.29) is 17.9 Å². The molecule has 1 rings (SSSR count). The van der Waals surface area contributed by atoms with Crippen molar-refractivity contribution in [1.82, 2.24) is 0 Å². The van der Waals surface area contributed by atoms with Crippen LogP contribution in [0.1, 0.15) is 0 Å². The summed E-state index contributed by atoms with van der Waals surface area (Å²) in [6.07, 6.45) is -4.85. The Kier molecular flexibility index (Phi) is 7.62. The molecule has 0 spiro atoms. The van der Waals surface area contributed by atoms with Gasteiger partial charge in [0.05, 0.1) is 12.6 Å². The third kappa shape index (κ3) is 3.01. The number of ether oxygens (including phenoxy) is 1. The lowest BCUT2D eigenvalue weighted by atomic mass is 9.98. The van der Waals surface area contributed by atoms with Crippen LogP contribution in [0.4, 0.5) is 0 Å². The summed E-state index contributed by atoms with van der Waals surface area (Å²) in [7, 11) is 0. The fraction of sp³-hybridized carbons (Fsp3) is 1.00. The summed E-state index contributed by atoms with van der Waals surface area (Å²) in [5.74, 6) is 0. The van der Waals surface area contributed by atoms with Gasteiger partial charge in [0.1, 0.15) is 18.3 Å². The van der Waals surface area contributed by atoms with Crippen LogP contribution in [0, 0.1) is 0 Å². The summed E-state index contributed by atoms with van der Waals surface area (Å²) in [5, 5.41) is 36.1. The van der Waals surface area contributed by atoms with Gasteiger partial charge in [0.15, 0.2) is 6.29 Å². The van der Waals surface area contributed by atoms with Crippen LogP contribution in [-0.2, 0) is 4.74 Å². The molecule has 1 saturated heterocycles. The summed E-state index contributed by atoms with van der Waals surface area (Å²) in [6.45, 7) is -0.470. The molecular weight excluding hydrogens is 218 g/mol. The Bertz CT molecular complexity index is 157. The van der Waals surface area contributed by atoms with Gasteiger partial charge in [-0.1, -0.05) is 0 Å². The van der Waals surface area contributed by atoms with E-state index in [0.717, 1.165) is 0 Å². The van der Waals surface area contributed by atoms with Gasteiger partial charge in [-0.25, -0.2) is 0 Å². The summed E-state index contributed by atoms with van der Waals surface area (Å²) in [4.78, 5) is 0. The van der Waals surface area contributed by atoms with Crippen molar-refractivity contribution < 1.29 is 30.6 Å². The molecule has 0 radical (unpaired) electrons. The van der Waals surface area contributed by atoms with E-state index >= 15 is 0 Å². The molecule has 0 saturated carbocycles. The van der Waals surface area contributed by atoms with Crippen LogP contribution in [0.15, 0.2) is 0 Å². The van der Waals surface area contributed by atoms with E-state index in [1.807, 2.05) is 0 Å². The zero-order valence-corrected chi connectivity index (χ0v) is 8.09. The first-order chi connectivity index (χ1) is 5.57. The SMILES string of the molecule is Cl.N[C@H]1C(O)O[C@H](CO)[C@H](O)[C@@H]1O.O. The largest absolute Gasteiger partial charge is 0.412 e. The predicted octanol–water partition coefficient (Wildman–Crippen LogP) is -3.66. The first-order valence-corrected chi connectivity index (χ1v) is 3.64. The Balaban J connectivity index is 0. The first-order valence-electron chi connectivity index (χ1n) is 3.64. The average molecular weight is 234 g/mol. The Morgan fingerprint density at radius 3 is 2.07 bits per heavy atom. The van der Waals surface area contributed by atoms with Crippen molar-refractivity contribution in [2.24, 2.45) is 5.73 Å². The lowest BCUT2D eigenvalue weighted by molar-refractivity contribution is -0.248. The number of hydrogen-bond acceptors (Lipinski definition) is 6. The van der Waals surface area contributed by atoms with Crippen LogP contribution in [0.5, 0.6) is 0 Å². The van der Waals surface area contributed by atoms with Gasteiger partial charge < -0.3 is 36.4 Å². The minimum Gasteiger partial charge on any atom is -0.412 e. The quantitative estimate of drug-likeness (QED) is 0.315. The van der Waals surface area contributed by atoms with Gasteiger partial charge in [0, 0.05) is 0 Å². The van der Waals surface area contributed by atoms with E-state index in [1.165, 1.54) is 0 Å². The van der Waals surface area contributed by atoms with Crippen LogP contribution in [0.25, 0.3) is 0 Å². The summed E-state index contributed by atoms with van der Waals surface area (Å²) in [6, 6.07) is -1.04. The van der Waals surface area contributed by atoms with Crippen molar-refractivity contribution in [3.05, 3.63) is 0 Å². The van der Waals surface area contributed by atoms with Gasteiger partial charge in [-0.15, -0.1) is 12.4 Å². The van der Waals surface area contributed by atoms with Crippen molar-refractivity contribution in [3.63, 3.8) is 0 Å². The second-order valence-electron chi connectivity index (χ2n) is 2.81. The number of halogens is 1. The summed E-state index contributed by atoms with van der Waals surface area (Å²) < 4.78 is 4.70. The van der Waals surface area contributed by atoms with E-state index in [9.17, 15) is 10.2 Å². The number of hydrogen-bond donors (Lipinski definition) is 5. The topological polar surface area (TPSA) is 148 Å². The highest BCUT2D eigenvalue weighted by molar-refractivity contribution is 5.85. The molecule has 1 unspecified atom stereocenters. The standard InChI is InChI=1S/C6H13NO5.ClH.H2O/c7-3-5(10)4(9)2(1-8)12-6(3)11;;/h2-6,8-11H,1,7H2;1H;1H2/t2-,3-,4+,5-,6?;;/m1../s1. The summed E-state index contributed by atoms with van der Waals surface area (Å²) >= 11 is 0. The lowest BCUT2D eigenvalue weighted by Crippen LogP contribution is -2.61. The Hall–Kier alpha value is 0.01000. The molecule has 7 nitrogen and oxygen atoms in total. The van der Waals surface area contributed by atoms with Gasteiger partial charge in [-0.05, 0) is 0 Å². The molecule has 8 heteroatoms. The minimum absolute atomic E-state index is 0. The van der Waals surface area contributed by atoms with Gasteiger partial charge in [0.25, 0.3) is 0 Å². The molecule has 0 aromatic heterocycles. The fourth-order valence-corrected chi connectivity index (χ4v) is 1.12. The Labute approximate surface area is 86.8 Å². The van der Waals surface area contributed by atoms with Crippen molar-refractivity contribution in [1.29, 1.82) is 0 Å². The molecule has 0 aromatic rings. The van der Waals surface area contributed by atoms with E-state index in [4.69, 9.17) is 20.7 Å². The second-order valence-corrected chi connectivity index (χ2v) is 2.81. The third-order valence-electron chi connectivity index (χ3n) is 1.95. The van der Waals surface area contributed by atoms with Gasteiger partial charge in [0.2, 0.25) is 0 Å². The molecule has 14 heavy (non-hydrogen) atoms. The maximum atomic E-state index is 9.20. The first kappa shape index (κ1) is 16.4. The van der Waals surface area contributed by atoms with E-state index in [2.05, 4.69) is 0 Å². The fourth-order valence-electron chi connectivity index (χ4n) is 1.12. The van der Waals surface area contributed by atoms with Crippen LogP contribution < -0.4 is 5.73 Å². The Morgan fingerprint density at radius 1 is 1.14 bits per heavy atom. The number of nitrogens with two attached hydrogens (primary N) is 1. The summed E-state index contributed by atoms with van der Waals surface area (Å²) in [5.41, 5.74) is 5.26. The second kappa shape index (κ2) is 6.49. The lowest BCUT2D eigenvalue weighted by Gasteiger charge is -2.38. The zero-order chi connectivity index (χ0) is 9.30. The molecule has 1 aliphatic heterocycles. The Morgan fingerprint density at radius 2 is 1.64 bits per heavy atom. The van der Waals surface area contributed by atoms with E-state index < -0.39 is 37.3 Å². The van der Waals surface area contributed by atoms with Crippen molar-refractivity contribution in [2.45, 2.75) is 30.6 Å². The molecule has 1 aliphatic rings. The van der Waals surface area contributed by atoms with E-state index in [1.54, 1.807) is 0 Å². The number of aliphatic hydroxyl groups is 4. The highest BCUT2D eigenvalue weighted by Crippen LogP contribution is 2.17. The molecule has 1 fully saturated rings. The molecule has 8 N–H and O–H groups in total. The molecule has 5 atom stereocenters. The monoisotopic (exact) mass is 233 g/mol. The van der Waals surface area contributed by atoms with Crippen LogP contribution in [0.2, 0.25) is 0 Å². The predicted molar refractivity (Wildman–Crippen MR) is 48.8 cm³/mol. The molecule has 0 aliphatic carbocycles. The van der Waals surface area contributed by atoms with Gasteiger partial charge in [-0.3, -0.25) is 0 Å². The highest BCUT2D eigenvalue weighted by Gasteiger charge is 2.41. The molecule has 0 amide bonds. The van der Waals surface area contributed by atoms with Crippen molar-refractivity contribution >= 4 is 12.4 Å². The van der Waals surface area contributed by atoms with Crippen LogP contribution >= 0.6 is 12.4 Å². The maximum absolute atomic E-state index is 9.20. The highest BCUT2D eigenvalue weighted by atomic mass is 35.5. The zero-order valence-electron chi connectivity index (χ0n) is 7.28.